The average Bonchev–Trinajstić information content (AvgIpc) is 3.10. The lowest BCUT2D eigenvalue weighted by Gasteiger charge is -2.25. The molecule has 2 atom stereocenters. The number of unbranched alkanes of at least 4 members (excludes halogenated alkanes) is 1. The Labute approximate surface area is 137 Å². The molecular weight excluding hydrogens is 284 g/mol. The van der Waals surface area contributed by atoms with Crippen molar-refractivity contribution in [1.82, 2.24) is 0 Å². The molecule has 0 fully saturated rings. The summed E-state index contributed by atoms with van der Waals surface area (Å²) in [6, 6.07) is 17.6. The molecular formula is C20H22N2O. The predicted octanol–water partition coefficient (Wildman–Crippen LogP) is 2.28. The lowest BCUT2D eigenvalue weighted by Crippen LogP contribution is -3.10. The zero-order chi connectivity index (χ0) is 15.8. The molecule has 0 spiro atoms. The van der Waals surface area contributed by atoms with Crippen molar-refractivity contribution in [1.29, 1.82) is 0 Å². The smallest absolute Gasteiger partial charge is 0.164 e. The molecule has 1 heterocycles. The maximum absolute atomic E-state index is 12.0. The topological polar surface area (TPSA) is 39.9 Å². The van der Waals surface area contributed by atoms with Crippen LogP contribution in [0, 0.1) is 0 Å². The van der Waals surface area contributed by atoms with E-state index in [0.717, 1.165) is 24.3 Å². The Morgan fingerprint density at radius 1 is 1.04 bits per heavy atom. The Morgan fingerprint density at radius 2 is 1.65 bits per heavy atom. The number of hydrogen-bond donors (Lipinski definition) is 1. The highest BCUT2D eigenvalue weighted by molar-refractivity contribution is 5.78. The van der Waals surface area contributed by atoms with Gasteiger partial charge in [-0.25, -0.2) is 0 Å². The van der Waals surface area contributed by atoms with E-state index in [0.29, 0.717) is 12.5 Å². The lowest BCUT2D eigenvalue weighted by atomic mass is 10.0. The van der Waals surface area contributed by atoms with Gasteiger partial charge in [-0.05, 0) is 17.5 Å². The molecule has 0 saturated carbocycles. The van der Waals surface area contributed by atoms with E-state index < -0.39 is 0 Å². The second-order valence-electron chi connectivity index (χ2n) is 6.58. The highest BCUT2D eigenvalue weighted by atomic mass is 16.3. The van der Waals surface area contributed by atoms with E-state index in [2.05, 4.69) is 60.6 Å². The second-order valence-corrected chi connectivity index (χ2v) is 6.58. The van der Waals surface area contributed by atoms with Crippen LogP contribution in [0.5, 0.6) is 0 Å². The van der Waals surface area contributed by atoms with Crippen LogP contribution < -0.4 is 10.1 Å². The normalized spacial score (nSPS) is 22.7. The summed E-state index contributed by atoms with van der Waals surface area (Å²) in [6.45, 7) is 2.20. The van der Waals surface area contributed by atoms with Gasteiger partial charge in [0.15, 0.2) is 6.04 Å². The molecule has 2 aliphatic rings. The van der Waals surface area contributed by atoms with Gasteiger partial charge in [0.1, 0.15) is 6.04 Å². The quantitative estimate of drug-likeness (QED) is 0.925. The molecule has 0 radical (unpaired) electrons. The summed E-state index contributed by atoms with van der Waals surface area (Å²) in [5.41, 5.74) is 5.21. The summed E-state index contributed by atoms with van der Waals surface area (Å²) in [4.78, 5) is 0. The first-order chi connectivity index (χ1) is 11.3. The zero-order valence-electron chi connectivity index (χ0n) is 13.5. The molecule has 3 heteroatoms. The predicted molar refractivity (Wildman–Crippen MR) is 90.0 cm³/mol. The highest BCUT2D eigenvalue weighted by Gasteiger charge is 2.41. The fourth-order valence-corrected chi connectivity index (χ4v) is 4.07. The third-order valence-electron chi connectivity index (χ3n) is 5.13. The van der Waals surface area contributed by atoms with Crippen LogP contribution in [0.4, 0.5) is 0 Å². The van der Waals surface area contributed by atoms with Crippen LogP contribution in [0.15, 0.2) is 53.6 Å². The number of quaternary nitrogens is 1. The zero-order valence-corrected chi connectivity index (χ0v) is 13.5. The van der Waals surface area contributed by atoms with E-state index in [-0.39, 0.29) is 11.9 Å². The fourth-order valence-electron chi connectivity index (χ4n) is 4.07. The minimum Gasteiger partial charge on any atom is -0.858 e. The van der Waals surface area contributed by atoms with Crippen molar-refractivity contribution in [3.63, 3.8) is 0 Å². The van der Waals surface area contributed by atoms with Gasteiger partial charge in [0, 0.05) is 29.9 Å². The first-order valence-electron chi connectivity index (χ1n) is 8.59. The van der Waals surface area contributed by atoms with E-state index in [1.807, 2.05) is 0 Å². The minimum atomic E-state index is 0.0583. The molecule has 1 aliphatic heterocycles. The summed E-state index contributed by atoms with van der Waals surface area (Å²) >= 11 is 0. The molecule has 3 nitrogen and oxygen atoms in total. The molecule has 118 valence electrons. The van der Waals surface area contributed by atoms with E-state index in [4.69, 9.17) is 0 Å². The summed E-state index contributed by atoms with van der Waals surface area (Å²) in [6.07, 6.45) is 3.99. The maximum Gasteiger partial charge on any atom is 0.164 e. The third-order valence-corrected chi connectivity index (χ3v) is 5.13. The van der Waals surface area contributed by atoms with Gasteiger partial charge in [0.2, 0.25) is 0 Å². The van der Waals surface area contributed by atoms with E-state index in [1.54, 1.807) is 0 Å². The standard InChI is InChI=1S/C20H22N2O/c1-2-3-8-14-13-19(23)21-22(14)20-17-11-6-4-9-15(17)16-10-5-7-12-18(16)20/h4-7,9-12,14,20H,2-3,8,13H2,1H3,(H,21,23). The SMILES string of the molecule is CCCCC1CC([O-])=N[NH+]1C1c2ccccc2-c2ccccc21. The number of rotatable bonds is 4. The molecule has 1 aliphatic carbocycles. The fraction of sp³-hybridized carbons (Fsp3) is 0.350. The van der Waals surface area contributed by atoms with Gasteiger partial charge >= 0.3 is 0 Å². The number of fused-ring (bicyclic) bond motifs is 3. The van der Waals surface area contributed by atoms with Gasteiger partial charge in [-0.1, -0.05) is 61.9 Å². The van der Waals surface area contributed by atoms with Gasteiger partial charge in [0.05, 0.1) is 0 Å². The van der Waals surface area contributed by atoms with Crippen LogP contribution in [0.2, 0.25) is 0 Å². The monoisotopic (exact) mass is 306 g/mol. The number of benzene rings is 2. The summed E-state index contributed by atoms with van der Waals surface area (Å²) in [5, 5.41) is 17.6. The van der Waals surface area contributed by atoms with E-state index >= 15 is 0 Å². The molecule has 0 amide bonds. The Bertz CT molecular complexity index is 707. The van der Waals surface area contributed by atoms with Gasteiger partial charge in [-0.2, -0.15) is 5.01 Å². The molecule has 4 rings (SSSR count). The Morgan fingerprint density at radius 3 is 2.26 bits per heavy atom. The highest BCUT2D eigenvalue weighted by Crippen LogP contribution is 2.42. The van der Waals surface area contributed by atoms with Crippen molar-refractivity contribution in [2.75, 3.05) is 0 Å². The van der Waals surface area contributed by atoms with Crippen LogP contribution in [-0.4, -0.2) is 11.9 Å². The molecule has 0 aromatic heterocycles. The second kappa shape index (κ2) is 5.82. The van der Waals surface area contributed by atoms with Crippen LogP contribution in [0.3, 0.4) is 0 Å². The van der Waals surface area contributed by atoms with Gasteiger partial charge in [0.25, 0.3) is 0 Å². The maximum atomic E-state index is 12.0. The van der Waals surface area contributed by atoms with Crippen LogP contribution >= 0.6 is 0 Å². The summed E-state index contributed by atoms with van der Waals surface area (Å²) in [7, 11) is 0. The van der Waals surface area contributed by atoms with E-state index in [9.17, 15) is 5.11 Å². The van der Waals surface area contributed by atoms with Crippen molar-refractivity contribution >= 4 is 5.90 Å². The number of nitrogens with zero attached hydrogens (tertiary/aromatic N) is 1. The first-order valence-corrected chi connectivity index (χ1v) is 8.59. The Balaban J connectivity index is 1.78. The molecule has 0 bridgehead atoms. The van der Waals surface area contributed by atoms with Crippen molar-refractivity contribution in [3.05, 3.63) is 59.7 Å². The Kier molecular flexibility index (Phi) is 3.66. The molecule has 0 saturated heterocycles. The molecule has 23 heavy (non-hydrogen) atoms. The summed E-state index contributed by atoms with van der Waals surface area (Å²) in [5.74, 6) is 0.0583. The van der Waals surface area contributed by atoms with Gasteiger partial charge in [-0.3, -0.25) is 0 Å². The van der Waals surface area contributed by atoms with Gasteiger partial charge in [-0.15, -0.1) is 5.10 Å². The average molecular weight is 306 g/mol. The van der Waals surface area contributed by atoms with Gasteiger partial charge < -0.3 is 5.11 Å². The van der Waals surface area contributed by atoms with Crippen molar-refractivity contribution in [3.8, 4) is 11.1 Å². The van der Waals surface area contributed by atoms with Crippen molar-refractivity contribution in [2.24, 2.45) is 5.10 Å². The van der Waals surface area contributed by atoms with Crippen molar-refractivity contribution in [2.45, 2.75) is 44.7 Å². The molecule has 1 N–H and O–H groups in total. The van der Waals surface area contributed by atoms with Crippen molar-refractivity contribution < 1.29 is 10.1 Å². The summed E-state index contributed by atoms with van der Waals surface area (Å²) < 4.78 is 0. The van der Waals surface area contributed by atoms with Crippen LogP contribution in [-0.2, 0) is 0 Å². The number of hydrogen-bond acceptors (Lipinski definition) is 2. The first kappa shape index (κ1) is 14.5. The molecule has 2 aromatic rings. The van der Waals surface area contributed by atoms with Crippen LogP contribution in [0.1, 0.15) is 49.8 Å². The molecule has 2 unspecified atom stereocenters. The van der Waals surface area contributed by atoms with Crippen LogP contribution in [0.25, 0.3) is 11.1 Å². The largest absolute Gasteiger partial charge is 0.858 e. The lowest BCUT2D eigenvalue weighted by molar-refractivity contribution is -0.951. The van der Waals surface area contributed by atoms with E-state index in [1.165, 1.54) is 22.3 Å². The number of nitrogens with one attached hydrogen (secondary N) is 1. The Hall–Kier alpha value is -2.13. The minimum absolute atomic E-state index is 0.0583. The molecule has 2 aromatic carbocycles. The third kappa shape index (κ3) is 2.36.